The molecule has 0 radical (unpaired) electrons. The summed E-state index contributed by atoms with van der Waals surface area (Å²) < 4.78 is 35.7. The number of anilines is 3. The van der Waals surface area contributed by atoms with E-state index in [4.69, 9.17) is 10.5 Å². The first-order chi connectivity index (χ1) is 22.8. The average Bonchev–Trinajstić information content (AvgIpc) is 3.50. The van der Waals surface area contributed by atoms with Crippen LogP contribution in [0.15, 0.2) is 60.0 Å². The third-order valence-corrected chi connectivity index (χ3v) is 10.0. The fourth-order valence-corrected chi connectivity index (χ4v) is 6.52. The smallest absolute Gasteiger partial charge is 0.261 e. The zero-order valence-electron chi connectivity index (χ0n) is 27.8. The highest BCUT2D eigenvalue weighted by atomic mass is 32.2. The van der Waals surface area contributed by atoms with Crippen LogP contribution in [0.1, 0.15) is 56.3 Å². The molecule has 2 heterocycles. The Bertz CT molecular complexity index is 1710. The van der Waals surface area contributed by atoms with Crippen LogP contribution in [-0.4, -0.2) is 88.9 Å². The van der Waals surface area contributed by atoms with E-state index in [1.54, 1.807) is 65.9 Å². The maximum atomic E-state index is 13.7. The van der Waals surface area contributed by atoms with Gasteiger partial charge in [0.05, 0.1) is 48.1 Å². The number of para-hydroxylation sites is 3. The number of hydrogen-bond donors (Lipinski definition) is 4. The molecule has 0 bridgehead atoms. The van der Waals surface area contributed by atoms with Crippen LogP contribution in [0.25, 0.3) is 0 Å². The highest BCUT2D eigenvalue weighted by Gasteiger charge is 2.36. The summed E-state index contributed by atoms with van der Waals surface area (Å²) in [6, 6.07) is 11.3. The molecule has 4 rings (SSSR count). The number of nitrogens with two attached hydrogens (primary N) is 1. The summed E-state index contributed by atoms with van der Waals surface area (Å²) in [7, 11) is -0.838. The van der Waals surface area contributed by atoms with Crippen LogP contribution < -0.4 is 21.1 Å². The van der Waals surface area contributed by atoms with E-state index < -0.39 is 22.2 Å². The lowest BCUT2D eigenvalue weighted by Crippen LogP contribution is -2.50. The molecule has 0 spiro atoms. The van der Waals surface area contributed by atoms with Gasteiger partial charge in [0.15, 0.2) is 10.8 Å². The molecule has 48 heavy (non-hydrogen) atoms. The van der Waals surface area contributed by atoms with Crippen LogP contribution in [0.4, 0.5) is 17.1 Å². The van der Waals surface area contributed by atoms with Crippen molar-refractivity contribution in [2.75, 3.05) is 43.1 Å². The molecule has 5 N–H and O–H groups in total. The van der Waals surface area contributed by atoms with E-state index in [0.717, 1.165) is 4.31 Å². The van der Waals surface area contributed by atoms with Gasteiger partial charge in [-0.05, 0) is 44.0 Å². The number of nitrogens with zero attached hydrogens (tertiary/aromatic N) is 4. The zero-order valence-corrected chi connectivity index (χ0v) is 28.6. The molecule has 0 unspecified atom stereocenters. The normalized spacial score (nSPS) is 17.2. The molecule has 0 aliphatic carbocycles. The standard InChI is InChI=1S/C33H45N7O7S/c1-22-17-40(23(2)20-41)33(44)24-11-10-14-27(32(24)47-28(22)18-39(4)48(45,46)31-19-38(3)21-35-31)37-30(43)16-7-5-6-15-29(42)36-26-13-9-8-12-25(26)34/h8-14,19,21-23,28,41H,5-7,15-18,20,34H2,1-4H3,(H,36,42)(H,37,43)/t22-,23+,28-/m1/s1. The number of amides is 3. The molecule has 260 valence electrons. The number of nitrogen functional groups attached to an aromatic ring is 1. The lowest BCUT2D eigenvalue weighted by Gasteiger charge is -2.38. The Kier molecular flexibility index (Phi) is 12.2. The minimum Gasteiger partial charge on any atom is -0.486 e. The molecule has 0 saturated carbocycles. The Hall–Kier alpha value is -4.47. The van der Waals surface area contributed by atoms with Gasteiger partial charge in [0.25, 0.3) is 15.9 Å². The maximum Gasteiger partial charge on any atom is 0.261 e. The molecular weight excluding hydrogens is 638 g/mol. The second kappa shape index (κ2) is 16.1. The summed E-state index contributed by atoms with van der Waals surface area (Å²) in [5.41, 5.74) is 7.39. The largest absolute Gasteiger partial charge is 0.486 e. The fraction of sp³-hybridized carbons (Fsp3) is 0.455. The van der Waals surface area contributed by atoms with Gasteiger partial charge in [-0.2, -0.15) is 4.31 Å². The SMILES string of the molecule is C[C@@H]1CN([C@@H](C)CO)C(=O)c2cccc(NC(=O)CCCCCC(=O)Nc3ccccc3N)c2O[C@@H]1CN(C)S(=O)(=O)c1cn(C)cn1. The number of aliphatic hydroxyl groups excluding tert-OH is 1. The number of carbonyl (C=O) groups excluding carboxylic acids is 3. The van der Waals surface area contributed by atoms with E-state index in [0.29, 0.717) is 30.6 Å². The highest BCUT2D eigenvalue weighted by Crippen LogP contribution is 2.35. The van der Waals surface area contributed by atoms with E-state index in [1.807, 2.05) is 6.92 Å². The van der Waals surface area contributed by atoms with Crippen LogP contribution in [0, 0.1) is 5.92 Å². The number of benzene rings is 2. The van der Waals surface area contributed by atoms with Crippen molar-refractivity contribution in [2.45, 2.75) is 63.1 Å². The van der Waals surface area contributed by atoms with E-state index in [-0.39, 0.29) is 78.2 Å². The van der Waals surface area contributed by atoms with Crippen molar-refractivity contribution in [1.82, 2.24) is 18.8 Å². The molecule has 0 saturated heterocycles. The van der Waals surface area contributed by atoms with Crippen molar-refractivity contribution >= 4 is 44.8 Å². The number of aryl methyl sites for hydroxylation is 1. The van der Waals surface area contributed by atoms with Crippen LogP contribution in [-0.2, 0) is 26.7 Å². The second-order valence-electron chi connectivity index (χ2n) is 12.2. The number of likely N-dealkylation sites (N-methyl/N-ethyl adjacent to an activating group) is 1. The quantitative estimate of drug-likeness (QED) is 0.146. The molecule has 1 aliphatic heterocycles. The summed E-state index contributed by atoms with van der Waals surface area (Å²) in [4.78, 5) is 44.6. The first-order valence-corrected chi connectivity index (χ1v) is 17.4. The molecule has 14 nitrogen and oxygen atoms in total. The predicted octanol–water partition coefficient (Wildman–Crippen LogP) is 3.07. The molecule has 3 aromatic rings. The Morgan fingerprint density at radius 3 is 2.35 bits per heavy atom. The minimum atomic E-state index is -3.95. The van der Waals surface area contributed by atoms with Crippen molar-refractivity contribution < 1.29 is 32.6 Å². The van der Waals surface area contributed by atoms with Gasteiger partial charge in [0.2, 0.25) is 11.8 Å². The van der Waals surface area contributed by atoms with E-state index in [2.05, 4.69) is 15.6 Å². The number of imidazole rings is 1. The first kappa shape index (κ1) is 36.4. The predicted molar refractivity (Wildman–Crippen MR) is 182 cm³/mol. The fourth-order valence-electron chi connectivity index (χ4n) is 5.38. The third kappa shape index (κ3) is 8.90. The molecule has 3 atom stereocenters. The molecular formula is C33H45N7O7S. The average molecular weight is 684 g/mol. The lowest BCUT2D eigenvalue weighted by atomic mass is 9.99. The number of ether oxygens (including phenoxy) is 1. The van der Waals surface area contributed by atoms with Crippen molar-refractivity contribution in [3.05, 3.63) is 60.6 Å². The lowest BCUT2D eigenvalue weighted by molar-refractivity contribution is -0.116. The molecule has 15 heteroatoms. The Morgan fingerprint density at radius 1 is 1.08 bits per heavy atom. The monoisotopic (exact) mass is 683 g/mol. The molecule has 0 fully saturated rings. The minimum absolute atomic E-state index is 0.0677. The van der Waals surface area contributed by atoms with Gasteiger partial charge in [0.1, 0.15) is 6.10 Å². The van der Waals surface area contributed by atoms with Gasteiger partial charge in [-0.1, -0.05) is 31.5 Å². The maximum absolute atomic E-state index is 13.7. The summed E-state index contributed by atoms with van der Waals surface area (Å²) in [6.45, 7) is 3.44. The zero-order chi connectivity index (χ0) is 35.0. The van der Waals surface area contributed by atoms with Crippen molar-refractivity contribution in [3.63, 3.8) is 0 Å². The van der Waals surface area contributed by atoms with E-state index >= 15 is 0 Å². The van der Waals surface area contributed by atoms with Crippen LogP contribution >= 0.6 is 0 Å². The van der Waals surface area contributed by atoms with E-state index in [1.165, 1.54) is 19.6 Å². The third-order valence-electron chi connectivity index (χ3n) is 8.30. The number of aliphatic hydroxyl groups is 1. The highest BCUT2D eigenvalue weighted by molar-refractivity contribution is 7.89. The van der Waals surface area contributed by atoms with Gasteiger partial charge in [-0.25, -0.2) is 13.4 Å². The molecule has 1 aliphatic rings. The summed E-state index contributed by atoms with van der Waals surface area (Å²) in [6.07, 6.45) is 4.28. The number of aromatic nitrogens is 2. The number of carbonyl (C=O) groups is 3. The summed E-state index contributed by atoms with van der Waals surface area (Å²) in [5.74, 6) is -1.07. The van der Waals surface area contributed by atoms with Crippen LogP contribution in [0.5, 0.6) is 5.75 Å². The molecule has 3 amide bonds. The molecule has 1 aromatic heterocycles. The van der Waals surface area contributed by atoms with Gasteiger partial charge in [-0.15, -0.1) is 0 Å². The Labute approximate surface area is 281 Å². The second-order valence-corrected chi connectivity index (χ2v) is 14.2. The summed E-state index contributed by atoms with van der Waals surface area (Å²) in [5, 5.41) is 15.5. The Morgan fingerprint density at radius 2 is 1.73 bits per heavy atom. The Balaban J connectivity index is 1.45. The van der Waals surface area contributed by atoms with Gasteiger partial charge >= 0.3 is 0 Å². The van der Waals surface area contributed by atoms with Gasteiger partial charge < -0.3 is 35.7 Å². The summed E-state index contributed by atoms with van der Waals surface area (Å²) >= 11 is 0. The van der Waals surface area contributed by atoms with Gasteiger partial charge in [-0.3, -0.25) is 14.4 Å². The van der Waals surface area contributed by atoms with E-state index in [9.17, 15) is 27.9 Å². The number of sulfonamides is 1. The number of nitrogens with one attached hydrogen (secondary N) is 2. The van der Waals surface area contributed by atoms with Crippen molar-refractivity contribution in [3.8, 4) is 5.75 Å². The molecule has 2 aromatic carbocycles. The number of unbranched alkanes of at least 4 members (excludes halogenated alkanes) is 2. The van der Waals surface area contributed by atoms with Crippen LogP contribution in [0.2, 0.25) is 0 Å². The van der Waals surface area contributed by atoms with Gasteiger partial charge in [0, 0.05) is 45.6 Å². The van der Waals surface area contributed by atoms with Crippen LogP contribution in [0.3, 0.4) is 0 Å². The number of rotatable bonds is 14. The van der Waals surface area contributed by atoms with Crippen molar-refractivity contribution in [2.24, 2.45) is 13.0 Å². The van der Waals surface area contributed by atoms with Crippen molar-refractivity contribution in [1.29, 1.82) is 0 Å². The first-order valence-electron chi connectivity index (χ1n) is 15.9. The number of fused-ring (bicyclic) bond motifs is 1. The topological polar surface area (TPSA) is 189 Å². The number of hydrogen-bond acceptors (Lipinski definition) is 9.